The van der Waals surface area contributed by atoms with Gasteiger partial charge in [-0.25, -0.2) is 0 Å². The molecule has 66 heavy (non-hydrogen) atoms. The summed E-state index contributed by atoms with van der Waals surface area (Å²) in [7, 11) is -29.2. The molecule has 1 N–H and O–H groups in total. The summed E-state index contributed by atoms with van der Waals surface area (Å²) in [5.41, 5.74) is 0.525. The second kappa shape index (κ2) is 25.4. The molecule has 27 heteroatoms. The van der Waals surface area contributed by atoms with Gasteiger partial charge in [0.2, 0.25) is 5.91 Å². The molecule has 1 unspecified atom stereocenters. The van der Waals surface area contributed by atoms with Crippen molar-refractivity contribution < 1.29 is 55.1 Å². The number of rotatable bonds is 34. The first kappa shape index (κ1) is 67.8. The van der Waals surface area contributed by atoms with Crippen LogP contribution in [0.2, 0.25) is 193 Å². The zero-order valence-electron chi connectivity index (χ0n) is 48.0. The van der Waals surface area contributed by atoms with Gasteiger partial charge in [0.25, 0.3) is 0 Å². The van der Waals surface area contributed by atoms with Gasteiger partial charge in [0.1, 0.15) is 0 Å². The molecule has 0 aliphatic heterocycles. The summed E-state index contributed by atoms with van der Waals surface area (Å²) >= 11 is 0. The maximum Gasteiger partial charge on any atom is 0.479 e. The largest absolute Gasteiger partial charge is 0.479 e. The van der Waals surface area contributed by atoms with E-state index < -0.39 is 110 Å². The van der Waals surface area contributed by atoms with E-state index in [-0.39, 0.29) is 11.8 Å². The van der Waals surface area contributed by atoms with Gasteiger partial charge >= 0.3 is 35.2 Å². The molecule has 0 bridgehead atoms. The molecule has 0 aromatic carbocycles. The highest BCUT2D eigenvalue weighted by atomic mass is 28.5. The van der Waals surface area contributed by atoms with Crippen LogP contribution in [-0.2, 0) is 55.1 Å². The van der Waals surface area contributed by atoms with Gasteiger partial charge in [-0.1, -0.05) is 13.8 Å². The lowest BCUT2D eigenvalue weighted by Gasteiger charge is -2.48. The number of amides is 1. The van der Waals surface area contributed by atoms with Crippen molar-refractivity contribution in [2.75, 3.05) is 27.9 Å². The van der Waals surface area contributed by atoms with E-state index in [9.17, 15) is 4.79 Å². The van der Waals surface area contributed by atoms with Crippen molar-refractivity contribution in [2.45, 2.75) is 213 Å². The Hall–Kier alpha value is 1.81. The SMILES string of the molecule is CCC(C)C(=O)NCC[Si](O[Si](C)(C)CC[Si](OC)(O[Si](C)(C)C)O[Si](C)(C)C)(O[Si](C)(C)CC[Si](OC)(O[Si](C)(C)C)O[Si](C)(C)C)O[Si](C)(C)C[Si](OC)(O[Si](C)(C)C)O[Si](C)(C)C. The maximum absolute atomic E-state index is 13.5. The van der Waals surface area contributed by atoms with Gasteiger partial charge in [0.05, 0.1) is 0 Å². The van der Waals surface area contributed by atoms with Crippen LogP contribution in [0.25, 0.3) is 0 Å². The molecule has 0 aliphatic rings. The molecule has 0 saturated carbocycles. The predicted octanol–water partition coefficient (Wildman–Crippen LogP) is 12.2. The van der Waals surface area contributed by atoms with Crippen molar-refractivity contribution >= 4 is 116 Å². The lowest BCUT2D eigenvalue weighted by molar-refractivity contribution is -0.124. The van der Waals surface area contributed by atoms with E-state index in [0.29, 0.717) is 42.4 Å². The summed E-state index contributed by atoms with van der Waals surface area (Å²) in [5.74, 6) is -0.125. The van der Waals surface area contributed by atoms with Crippen molar-refractivity contribution in [3.63, 3.8) is 0 Å². The number of hydrogen-bond acceptors (Lipinski definition) is 13. The number of nitrogens with one attached hydrogen (secondary N) is 1. The predicted molar refractivity (Wildman–Crippen MR) is 308 cm³/mol. The average molecular weight is 1160 g/mol. The standard InChI is InChI=1S/C39H105NO13Si13/c1-30-38(2)39(41)40-31-32-65(53-62(28,29)37-66(44-5,49-58(18,19)20)50-59(21,22)23,51-60(24,25)33-35-63(42-3,45-54(6,7)8)46-55(9,10)11)52-61(26,27)34-36-64(43-4,47-56(12,13)14)48-57(15,16)17/h38H,30-37H2,1-29H3,(H,40,41). The minimum Gasteiger partial charge on any atom is -0.417 e. The lowest BCUT2D eigenvalue weighted by atomic mass is 10.1. The van der Waals surface area contributed by atoms with Crippen LogP contribution in [-0.4, -0.2) is 144 Å². The zero-order valence-corrected chi connectivity index (χ0v) is 61.0. The van der Waals surface area contributed by atoms with Crippen molar-refractivity contribution in [1.29, 1.82) is 0 Å². The lowest BCUT2D eigenvalue weighted by Crippen LogP contribution is -2.66. The Morgan fingerprint density at radius 1 is 0.379 bits per heavy atom. The fourth-order valence-corrected chi connectivity index (χ4v) is 64.5. The van der Waals surface area contributed by atoms with Crippen LogP contribution in [0.5, 0.6) is 0 Å². The van der Waals surface area contributed by atoms with Gasteiger partial charge in [-0.3, -0.25) is 4.79 Å². The third-order valence-corrected chi connectivity index (χ3v) is 55.5. The number of hydrogen-bond donors (Lipinski definition) is 1. The fourth-order valence-electron chi connectivity index (χ4n) is 7.41. The van der Waals surface area contributed by atoms with E-state index in [1.54, 1.807) is 21.3 Å². The Morgan fingerprint density at radius 3 is 0.909 bits per heavy atom. The average Bonchev–Trinajstić information content (AvgIpc) is 3.04. The first-order chi connectivity index (χ1) is 29.0. The van der Waals surface area contributed by atoms with Crippen molar-refractivity contribution in [3.05, 3.63) is 0 Å². The van der Waals surface area contributed by atoms with Crippen LogP contribution in [0.15, 0.2) is 0 Å². The highest BCUT2D eigenvalue weighted by molar-refractivity contribution is 6.97. The summed E-state index contributed by atoms with van der Waals surface area (Å²) in [5, 5.41) is 3.26. The van der Waals surface area contributed by atoms with Gasteiger partial charge in [-0.2, -0.15) is 0 Å². The van der Waals surface area contributed by atoms with E-state index in [1.165, 1.54) is 0 Å². The Balaban J connectivity index is 8.08. The molecular weight excluding hydrogens is 1060 g/mol. The van der Waals surface area contributed by atoms with Crippen LogP contribution >= 0.6 is 0 Å². The first-order valence-corrected chi connectivity index (χ1v) is 61.8. The fraction of sp³-hybridized carbons (Fsp3) is 0.974. The summed E-state index contributed by atoms with van der Waals surface area (Å²) < 4.78 is 84.6. The van der Waals surface area contributed by atoms with Crippen LogP contribution in [0.3, 0.4) is 0 Å². The quantitative estimate of drug-likeness (QED) is 0.0612. The van der Waals surface area contributed by atoms with Gasteiger partial charge in [-0.05, 0) is 176 Å². The van der Waals surface area contributed by atoms with Gasteiger partial charge in [-0.15, -0.1) is 0 Å². The molecule has 396 valence electrons. The second-order valence-electron chi connectivity index (χ2n) is 25.7. The summed E-state index contributed by atoms with van der Waals surface area (Å²) in [6.45, 7) is 57.3. The summed E-state index contributed by atoms with van der Waals surface area (Å²) in [4.78, 5) is 13.5. The summed E-state index contributed by atoms with van der Waals surface area (Å²) in [6.07, 6.45) is 0.740. The zero-order chi connectivity index (χ0) is 52.5. The minimum atomic E-state index is -3.77. The van der Waals surface area contributed by atoms with Crippen LogP contribution in [0, 0.1) is 5.92 Å². The monoisotopic (exact) mass is 1160 g/mol. The van der Waals surface area contributed by atoms with E-state index in [4.69, 9.17) is 50.3 Å². The van der Waals surface area contributed by atoms with Crippen LogP contribution in [0.4, 0.5) is 0 Å². The van der Waals surface area contributed by atoms with E-state index in [1.807, 2.05) is 13.8 Å². The van der Waals surface area contributed by atoms with Crippen molar-refractivity contribution in [3.8, 4) is 0 Å². The van der Waals surface area contributed by atoms with Crippen molar-refractivity contribution in [1.82, 2.24) is 5.32 Å². The molecule has 0 fully saturated rings. The van der Waals surface area contributed by atoms with Gasteiger partial charge in [0, 0.05) is 57.6 Å². The Labute approximate surface area is 420 Å². The molecule has 0 rings (SSSR count). The third-order valence-electron chi connectivity index (χ3n) is 9.50. The number of carbonyl (C=O) groups excluding carboxylic acids is 1. The topological polar surface area (TPSA) is 140 Å². The molecule has 0 aromatic rings. The Morgan fingerprint density at radius 2 is 0.652 bits per heavy atom. The molecular formula is C39H105NO13Si13. The van der Waals surface area contributed by atoms with Crippen LogP contribution in [0.1, 0.15) is 20.3 Å². The maximum atomic E-state index is 13.5. The van der Waals surface area contributed by atoms with E-state index >= 15 is 0 Å². The molecule has 0 aromatic heterocycles. The Kier molecular flexibility index (Phi) is 26.1. The highest BCUT2D eigenvalue weighted by Crippen LogP contribution is 2.39. The van der Waals surface area contributed by atoms with Gasteiger partial charge < -0.3 is 55.6 Å². The normalized spacial score (nSPS) is 15.7. The van der Waals surface area contributed by atoms with E-state index in [0.717, 1.165) is 6.42 Å². The van der Waals surface area contributed by atoms with E-state index in [2.05, 4.69) is 162 Å². The number of carbonyl (C=O) groups is 1. The molecule has 0 radical (unpaired) electrons. The smallest absolute Gasteiger partial charge is 0.417 e. The molecule has 0 aliphatic carbocycles. The minimum absolute atomic E-state index is 0.00790. The third kappa shape index (κ3) is 28.9. The van der Waals surface area contributed by atoms with Crippen molar-refractivity contribution in [2.24, 2.45) is 5.92 Å². The molecule has 0 saturated heterocycles. The highest BCUT2D eigenvalue weighted by Gasteiger charge is 2.59. The summed E-state index contributed by atoms with van der Waals surface area (Å²) in [6, 6.07) is 3.04. The molecule has 14 nitrogen and oxygen atoms in total. The molecule has 0 heterocycles. The van der Waals surface area contributed by atoms with Crippen LogP contribution < -0.4 is 5.32 Å². The molecule has 0 spiro atoms. The Bertz CT molecular complexity index is 1360. The van der Waals surface area contributed by atoms with Gasteiger partial charge in [0.15, 0.2) is 74.9 Å². The molecule has 1 amide bonds. The first-order valence-electron chi connectivity index (χ1n) is 24.3. The second-order valence-corrected chi connectivity index (χ2v) is 79.6. The molecule has 1 atom stereocenters.